The number of benzene rings is 1. The number of piperidine rings is 1. The van der Waals surface area contributed by atoms with E-state index in [1.807, 2.05) is 41.3 Å². The third kappa shape index (κ3) is 2.78. The SMILES string of the molecule is O=C(c1cc2ncccc2[nH]1)N1CCC(c2ccccc2Cl)CC1. The Morgan fingerprint density at radius 3 is 2.71 bits per heavy atom. The van der Waals surface area contributed by atoms with Crippen LogP contribution in [-0.2, 0) is 0 Å². The Labute approximate surface area is 145 Å². The summed E-state index contributed by atoms with van der Waals surface area (Å²) in [6.07, 6.45) is 3.61. The minimum absolute atomic E-state index is 0.0469. The number of aromatic nitrogens is 2. The monoisotopic (exact) mass is 339 g/mol. The van der Waals surface area contributed by atoms with Crippen molar-refractivity contribution in [1.29, 1.82) is 0 Å². The minimum atomic E-state index is 0.0469. The van der Waals surface area contributed by atoms with E-state index in [4.69, 9.17) is 11.6 Å². The molecule has 1 N–H and O–H groups in total. The molecule has 4 rings (SSSR count). The summed E-state index contributed by atoms with van der Waals surface area (Å²) in [5.74, 6) is 0.470. The first kappa shape index (κ1) is 15.2. The number of pyridine rings is 1. The predicted octanol–water partition coefficient (Wildman–Crippen LogP) is 4.24. The molecule has 0 spiro atoms. The van der Waals surface area contributed by atoms with E-state index in [2.05, 4.69) is 16.0 Å². The molecule has 1 fully saturated rings. The Bertz CT molecular complexity index is 848. The van der Waals surface area contributed by atoms with E-state index in [1.165, 1.54) is 5.56 Å². The smallest absolute Gasteiger partial charge is 0.270 e. The Balaban J connectivity index is 1.47. The Hall–Kier alpha value is -2.33. The number of likely N-dealkylation sites (tertiary alicyclic amines) is 1. The van der Waals surface area contributed by atoms with Crippen molar-refractivity contribution in [1.82, 2.24) is 14.9 Å². The van der Waals surface area contributed by atoms with Crippen LogP contribution in [0.5, 0.6) is 0 Å². The fraction of sp³-hybridized carbons (Fsp3) is 0.263. The topological polar surface area (TPSA) is 49.0 Å². The molecule has 2 aromatic heterocycles. The zero-order chi connectivity index (χ0) is 16.5. The van der Waals surface area contributed by atoms with Crippen LogP contribution in [0.4, 0.5) is 0 Å². The van der Waals surface area contributed by atoms with Crippen molar-refractivity contribution < 1.29 is 4.79 Å². The van der Waals surface area contributed by atoms with E-state index in [0.29, 0.717) is 11.6 Å². The third-order valence-corrected chi connectivity index (χ3v) is 5.09. The number of nitrogens with one attached hydrogen (secondary N) is 1. The number of rotatable bonds is 2. The van der Waals surface area contributed by atoms with Gasteiger partial charge in [-0.25, -0.2) is 0 Å². The van der Waals surface area contributed by atoms with Crippen LogP contribution in [0, 0.1) is 0 Å². The first-order chi connectivity index (χ1) is 11.7. The summed E-state index contributed by atoms with van der Waals surface area (Å²) in [5, 5.41) is 0.823. The van der Waals surface area contributed by atoms with E-state index >= 15 is 0 Å². The van der Waals surface area contributed by atoms with E-state index in [9.17, 15) is 4.79 Å². The molecule has 4 nitrogen and oxygen atoms in total. The number of H-pyrrole nitrogens is 1. The summed E-state index contributed by atoms with van der Waals surface area (Å²) in [5.41, 5.74) is 3.53. The van der Waals surface area contributed by atoms with Gasteiger partial charge in [0.1, 0.15) is 5.69 Å². The average Bonchev–Trinajstić information content (AvgIpc) is 3.06. The van der Waals surface area contributed by atoms with Gasteiger partial charge in [-0.3, -0.25) is 9.78 Å². The Kier molecular flexibility index (Phi) is 3.98. The van der Waals surface area contributed by atoms with Crippen LogP contribution in [0.15, 0.2) is 48.7 Å². The largest absolute Gasteiger partial charge is 0.349 e. The van der Waals surface area contributed by atoms with Crippen LogP contribution in [0.1, 0.15) is 34.8 Å². The highest BCUT2D eigenvalue weighted by molar-refractivity contribution is 6.31. The Morgan fingerprint density at radius 1 is 1.17 bits per heavy atom. The molecule has 122 valence electrons. The molecule has 3 heterocycles. The highest BCUT2D eigenvalue weighted by Gasteiger charge is 2.26. The molecule has 1 aliphatic heterocycles. The van der Waals surface area contributed by atoms with Crippen molar-refractivity contribution in [3.63, 3.8) is 0 Å². The fourth-order valence-electron chi connectivity index (χ4n) is 3.44. The molecule has 1 saturated heterocycles. The summed E-state index contributed by atoms with van der Waals surface area (Å²) in [7, 11) is 0. The second-order valence-corrected chi connectivity index (χ2v) is 6.61. The molecule has 3 aromatic rings. The van der Waals surface area contributed by atoms with Gasteiger partial charge in [-0.2, -0.15) is 0 Å². The second kappa shape index (κ2) is 6.29. The fourth-order valence-corrected chi connectivity index (χ4v) is 3.73. The maximum Gasteiger partial charge on any atom is 0.270 e. The van der Waals surface area contributed by atoms with Gasteiger partial charge in [0.15, 0.2) is 0 Å². The van der Waals surface area contributed by atoms with Gasteiger partial charge in [0.25, 0.3) is 5.91 Å². The lowest BCUT2D eigenvalue weighted by Crippen LogP contribution is -2.38. The lowest BCUT2D eigenvalue weighted by atomic mass is 9.89. The third-order valence-electron chi connectivity index (χ3n) is 4.75. The van der Waals surface area contributed by atoms with E-state index in [0.717, 1.165) is 42.0 Å². The van der Waals surface area contributed by atoms with Crippen molar-refractivity contribution in [3.8, 4) is 0 Å². The molecule has 1 aliphatic rings. The highest BCUT2D eigenvalue weighted by atomic mass is 35.5. The van der Waals surface area contributed by atoms with Crippen molar-refractivity contribution in [3.05, 3.63) is 64.9 Å². The van der Waals surface area contributed by atoms with Crippen molar-refractivity contribution >= 4 is 28.5 Å². The van der Waals surface area contributed by atoms with Crippen LogP contribution in [0.2, 0.25) is 5.02 Å². The van der Waals surface area contributed by atoms with E-state index in [1.54, 1.807) is 6.20 Å². The van der Waals surface area contributed by atoms with Gasteiger partial charge in [-0.05, 0) is 48.6 Å². The van der Waals surface area contributed by atoms with Gasteiger partial charge >= 0.3 is 0 Å². The van der Waals surface area contributed by atoms with Gasteiger partial charge in [-0.1, -0.05) is 29.8 Å². The zero-order valence-electron chi connectivity index (χ0n) is 13.2. The van der Waals surface area contributed by atoms with Crippen molar-refractivity contribution in [2.45, 2.75) is 18.8 Å². The summed E-state index contributed by atoms with van der Waals surface area (Å²) in [6.45, 7) is 1.50. The van der Waals surface area contributed by atoms with Crippen LogP contribution in [-0.4, -0.2) is 33.9 Å². The maximum atomic E-state index is 12.7. The van der Waals surface area contributed by atoms with Crippen LogP contribution >= 0.6 is 11.6 Å². The molecule has 0 radical (unpaired) electrons. The minimum Gasteiger partial charge on any atom is -0.349 e. The number of hydrogen-bond acceptors (Lipinski definition) is 2. The van der Waals surface area contributed by atoms with Crippen LogP contribution in [0.25, 0.3) is 11.0 Å². The number of carbonyl (C=O) groups excluding carboxylic acids is 1. The van der Waals surface area contributed by atoms with Crippen molar-refractivity contribution in [2.75, 3.05) is 13.1 Å². The molecule has 0 atom stereocenters. The lowest BCUT2D eigenvalue weighted by Gasteiger charge is -2.32. The quantitative estimate of drug-likeness (QED) is 0.759. The normalized spacial score (nSPS) is 15.8. The number of aromatic amines is 1. The first-order valence-corrected chi connectivity index (χ1v) is 8.57. The first-order valence-electron chi connectivity index (χ1n) is 8.20. The molecule has 0 saturated carbocycles. The molecule has 1 amide bonds. The molecule has 0 unspecified atom stereocenters. The molecule has 1 aromatic carbocycles. The van der Waals surface area contributed by atoms with Gasteiger partial charge in [0.2, 0.25) is 0 Å². The highest BCUT2D eigenvalue weighted by Crippen LogP contribution is 2.33. The van der Waals surface area contributed by atoms with Gasteiger partial charge in [-0.15, -0.1) is 0 Å². The van der Waals surface area contributed by atoms with Crippen LogP contribution in [0.3, 0.4) is 0 Å². The molecular weight excluding hydrogens is 322 g/mol. The van der Waals surface area contributed by atoms with Gasteiger partial charge in [0, 0.05) is 24.3 Å². The predicted molar refractivity (Wildman–Crippen MR) is 95.4 cm³/mol. The Morgan fingerprint density at radius 2 is 1.96 bits per heavy atom. The number of fused-ring (bicyclic) bond motifs is 1. The maximum absolute atomic E-state index is 12.7. The molecule has 0 bridgehead atoms. The number of nitrogens with zero attached hydrogens (tertiary/aromatic N) is 2. The molecule has 0 aliphatic carbocycles. The average molecular weight is 340 g/mol. The lowest BCUT2D eigenvalue weighted by molar-refractivity contribution is 0.0708. The zero-order valence-corrected chi connectivity index (χ0v) is 14.0. The summed E-state index contributed by atoms with van der Waals surface area (Å²) < 4.78 is 0. The number of hydrogen-bond donors (Lipinski definition) is 1. The number of halogens is 1. The molecular formula is C19H18ClN3O. The molecule has 5 heteroatoms. The van der Waals surface area contributed by atoms with Gasteiger partial charge in [0.05, 0.1) is 11.0 Å². The summed E-state index contributed by atoms with van der Waals surface area (Å²) in [6, 6.07) is 13.6. The van der Waals surface area contributed by atoms with Crippen molar-refractivity contribution in [2.24, 2.45) is 0 Å². The number of amides is 1. The van der Waals surface area contributed by atoms with E-state index < -0.39 is 0 Å². The number of carbonyl (C=O) groups is 1. The van der Waals surface area contributed by atoms with Gasteiger partial charge < -0.3 is 9.88 Å². The second-order valence-electron chi connectivity index (χ2n) is 6.21. The van der Waals surface area contributed by atoms with Crippen LogP contribution < -0.4 is 0 Å². The van der Waals surface area contributed by atoms with E-state index in [-0.39, 0.29) is 5.91 Å². The molecule has 24 heavy (non-hydrogen) atoms. The summed E-state index contributed by atoms with van der Waals surface area (Å²) in [4.78, 5) is 22.1. The standard InChI is InChI=1S/C19H18ClN3O/c20-15-5-2-1-4-14(15)13-7-10-23(11-8-13)19(24)18-12-17-16(22-18)6-3-9-21-17/h1-6,9,12-13,22H,7-8,10-11H2. The summed E-state index contributed by atoms with van der Waals surface area (Å²) >= 11 is 6.31.